The normalized spacial score (nSPS) is 14.6. The van der Waals surface area contributed by atoms with Gasteiger partial charge in [-0.15, -0.1) is 10.2 Å². The van der Waals surface area contributed by atoms with Crippen LogP contribution >= 0.6 is 0 Å². The first-order valence-electron chi connectivity index (χ1n) is 11.7. The fourth-order valence-corrected chi connectivity index (χ4v) is 4.13. The number of rotatable bonds is 7. The molecular weight excluding hydrogens is 416 g/mol. The van der Waals surface area contributed by atoms with Crippen molar-refractivity contribution >= 4 is 17.4 Å². The minimum absolute atomic E-state index is 0.142. The average Bonchev–Trinajstić information content (AvgIpc) is 3.27. The highest BCUT2D eigenvalue weighted by Gasteiger charge is 2.25. The van der Waals surface area contributed by atoms with E-state index in [0.29, 0.717) is 30.5 Å². The molecule has 3 aromatic rings. The lowest BCUT2D eigenvalue weighted by Gasteiger charge is -2.32. The van der Waals surface area contributed by atoms with Crippen molar-refractivity contribution in [1.82, 2.24) is 25.1 Å². The molecule has 4 heterocycles. The van der Waals surface area contributed by atoms with Crippen molar-refractivity contribution in [2.75, 3.05) is 18.4 Å². The van der Waals surface area contributed by atoms with E-state index in [4.69, 9.17) is 9.40 Å². The van der Waals surface area contributed by atoms with Gasteiger partial charge in [0.25, 0.3) is 0 Å². The van der Waals surface area contributed by atoms with E-state index in [9.17, 15) is 4.79 Å². The Balaban J connectivity index is 1.32. The highest BCUT2D eigenvalue weighted by atomic mass is 16.4. The summed E-state index contributed by atoms with van der Waals surface area (Å²) in [5.74, 6) is 2.66. The first-order chi connectivity index (χ1) is 15.9. The van der Waals surface area contributed by atoms with Crippen LogP contribution < -0.4 is 5.32 Å². The van der Waals surface area contributed by atoms with Gasteiger partial charge in [-0.1, -0.05) is 19.9 Å². The molecule has 1 N–H and O–H groups in total. The van der Waals surface area contributed by atoms with Crippen LogP contribution in [-0.2, 0) is 11.2 Å². The van der Waals surface area contributed by atoms with Gasteiger partial charge in [0.15, 0.2) is 0 Å². The molecule has 33 heavy (non-hydrogen) atoms. The van der Waals surface area contributed by atoms with Crippen LogP contribution in [0.15, 0.2) is 34.7 Å². The molecule has 1 aliphatic rings. The van der Waals surface area contributed by atoms with E-state index in [0.717, 1.165) is 54.5 Å². The summed E-state index contributed by atoms with van der Waals surface area (Å²) in [6, 6.07) is 10.1. The predicted molar refractivity (Wildman–Crippen MR) is 126 cm³/mol. The zero-order valence-corrected chi connectivity index (χ0v) is 19.8. The number of hydrogen-bond donors (Lipinski definition) is 1. The van der Waals surface area contributed by atoms with Crippen molar-refractivity contribution < 1.29 is 9.21 Å². The molecule has 1 fully saturated rings. The molecule has 1 saturated heterocycles. The Kier molecular flexibility index (Phi) is 7.01. The third kappa shape index (κ3) is 5.94. The third-order valence-electron chi connectivity index (χ3n) is 5.93. The number of aryl methyl sites for hydroxylation is 3. The number of likely N-dealkylation sites (tertiary alicyclic amines) is 1. The predicted octanol–water partition coefficient (Wildman–Crippen LogP) is 4.68. The molecule has 0 saturated carbocycles. The highest BCUT2D eigenvalue weighted by Crippen LogP contribution is 2.30. The van der Waals surface area contributed by atoms with Gasteiger partial charge in [0, 0.05) is 60.5 Å². The number of piperidine rings is 1. The number of nitrogens with one attached hydrogen (secondary N) is 1. The van der Waals surface area contributed by atoms with Crippen molar-refractivity contribution in [1.29, 1.82) is 0 Å². The van der Waals surface area contributed by atoms with Crippen molar-refractivity contribution in [3.05, 3.63) is 59.2 Å². The number of nitrogens with zero attached hydrogens (tertiary/aromatic N) is 5. The molecule has 174 valence electrons. The summed E-state index contributed by atoms with van der Waals surface area (Å²) in [5, 5.41) is 11.5. The molecule has 3 aromatic heterocycles. The number of carbonyl (C=O) groups excluding carboxylic acids is 1. The molecule has 0 aromatic carbocycles. The molecular formula is C25H32N6O2. The van der Waals surface area contributed by atoms with Gasteiger partial charge in [-0.2, -0.15) is 0 Å². The largest absolute Gasteiger partial charge is 0.425 e. The molecule has 0 aliphatic carbocycles. The van der Waals surface area contributed by atoms with Crippen LogP contribution in [0.25, 0.3) is 0 Å². The highest BCUT2D eigenvalue weighted by molar-refractivity contribution is 5.76. The molecule has 0 atom stereocenters. The smallest absolute Gasteiger partial charge is 0.223 e. The standard InChI is InChI=1S/C25H32N6O2/c1-16(2)25-30-29-23(33-25)8-9-24(32)31-12-10-19(11-13-31)21-15-20(14-18(4)26-21)28-22-7-5-6-17(3)27-22/h5-7,14-16,19H,8-13H2,1-4H3,(H,26,27,28). The van der Waals surface area contributed by atoms with Gasteiger partial charge in [-0.3, -0.25) is 9.78 Å². The quantitative estimate of drug-likeness (QED) is 0.560. The van der Waals surface area contributed by atoms with Gasteiger partial charge in [-0.05, 0) is 51.0 Å². The molecule has 0 radical (unpaired) electrons. The van der Waals surface area contributed by atoms with E-state index in [1.807, 2.05) is 56.9 Å². The van der Waals surface area contributed by atoms with Gasteiger partial charge >= 0.3 is 0 Å². The van der Waals surface area contributed by atoms with Crippen molar-refractivity contribution in [3.63, 3.8) is 0 Å². The molecule has 1 aliphatic heterocycles. The molecule has 4 rings (SSSR count). The van der Waals surface area contributed by atoms with Crippen LogP contribution in [0.4, 0.5) is 11.5 Å². The van der Waals surface area contributed by atoms with E-state index in [1.54, 1.807) is 0 Å². The number of carbonyl (C=O) groups is 1. The van der Waals surface area contributed by atoms with Crippen molar-refractivity contribution in [2.24, 2.45) is 0 Å². The monoisotopic (exact) mass is 448 g/mol. The van der Waals surface area contributed by atoms with Crippen LogP contribution in [-0.4, -0.2) is 44.1 Å². The summed E-state index contributed by atoms with van der Waals surface area (Å²) in [7, 11) is 0. The van der Waals surface area contributed by atoms with E-state index >= 15 is 0 Å². The fourth-order valence-electron chi connectivity index (χ4n) is 4.13. The maximum Gasteiger partial charge on any atom is 0.223 e. The second kappa shape index (κ2) is 10.1. The van der Waals surface area contributed by atoms with Crippen LogP contribution in [0.2, 0.25) is 0 Å². The van der Waals surface area contributed by atoms with Crippen LogP contribution in [0, 0.1) is 13.8 Å². The first kappa shape index (κ1) is 22.9. The second-order valence-corrected chi connectivity index (χ2v) is 9.06. The minimum atomic E-state index is 0.142. The number of pyridine rings is 2. The molecule has 0 bridgehead atoms. The number of hydrogen-bond acceptors (Lipinski definition) is 7. The Morgan fingerprint density at radius 3 is 2.61 bits per heavy atom. The summed E-state index contributed by atoms with van der Waals surface area (Å²) < 4.78 is 5.62. The van der Waals surface area contributed by atoms with Gasteiger partial charge < -0.3 is 14.6 Å². The summed E-state index contributed by atoms with van der Waals surface area (Å²) in [6.45, 7) is 9.49. The van der Waals surface area contributed by atoms with Crippen LogP contribution in [0.1, 0.15) is 73.8 Å². The van der Waals surface area contributed by atoms with Crippen LogP contribution in [0.3, 0.4) is 0 Å². The van der Waals surface area contributed by atoms with E-state index in [-0.39, 0.29) is 11.8 Å². The lowest BCUT2D eigenvalue weighted by atomic mass is 9.92. The van der Waals surface area contributed by atoms with Crippen LogP contribution in [0.5, 0.6) is 0 Å². The summed E-state index contributed by atoms with van der Waals surface area (Å²) in [6.07, 6.45) is 2.69. The maximum atomic E-state index is 12.7. The number of amides is 1. The molecule has 0 unspecified atom stereocenters. The Bertz CT molecular complexity index is 1100. The average molecular weight is 449 g/mol. The maximum absolute atomic E-state index is 12.7. The summed E-state index contributed by atoms with van der Waals surface area (Å²) in [4.78, 5) is 24.0. The van der Waals surface area contributed by atoms with E-state index < -0.39 is 0 Å². The first-order valence-corrected chi connectivity index (χ1v) is 11.7. The van der Waals surface area contributed by atoms with E-state index in [2.05, 4.69) is 26.6 Å². The Morgan fingerprint density at radius 2 is 1.91 bits per heavy atom. The number of anilines is 2. The molecule has 8 heteroatoms. The summed E-state index contributed by atoms with van der Waals surface area (Å²) in [5.41, 5.74) is 4.02. The minimum Gasteiger partial charge on any atom is -0.425 e. The SMILES string of the molecule is Cc1cccc(Nc2cc(C)nc(C3CCN(C(=O)CCc4nnc(C(C)C)o4)CC3)c2)n1. The Labute approximate surface area is 194 Å². The third-order valence-corrected chi connectivity index (χ3v) is 5.93. The van der Waals surface area contributed by atoms with Crippen molar-refractivity contribution in [2.45, 2.75) is 65.2 Å². The molecule has 8 nitrogen and oxygen atoms in total. The van der Waals surface area contributed by atoms with E-state index in [1.165, 1.54) is 0 Å². The van der Waals surface area contributed by atoms with Crippen molar-refractivity contribution in [3.8, 4) is 0 Å². The Morgan fingerprint density at radius 1 is 1.12 bits per heavy atom. The number of aromatic nitrogens is 4. The second-order valence-electron chi connectivity index (χ2n) is 9.06. The molecule has 1 amide bonds. The lowest BCUT2D eigenvalue weighted by Crippen LogP contribution is -2.38. The molecule has 0 spiro atoms. The van der Waals surface area contributed by atoms with Gasteiger partial charge in [0.1, 0.15) is 5.82 Å². The topological polar surface area (TPSA) is 97.0 Å². The zero-order chi connectivity index (χ0) is 23.4. The zero-order valence-electron chi connectivity index (χ0n) is 19.8. The fraction of sp³-hybridized carbons (Fsp3) is 0.480. The summed E-state index contributed by atoms with van der Waals surface area (Å²) >= 11 is 0. The van der Waals surface area contributed by atoms with Gasteiger partial charge in [0.2, 0.25) is 17.7 Å². The van der Waals surface area contributed by atoms with Gasteiger partial charge in [0.05, 0.1) is 0 Å². The lowest BCUT2D eigenvalue weighted by molar-refractivity contribution is -0.132. The Hall–Kier alpha value is -3.29. The van der Waals surface area contributed by atoms with Gasteiger partial charge in [-0.25, -0.2) is 4.98 Å².